The molecule has 2 N–H and O–H groups in total. The molecule has 2 unspecified atom stereocenters. The zero-order valence-corrected chi connectivity index (χ0v) is 15.5. The molecule has 5 nitrogen and oxygen atoms in total. The summed E-state index contributed by atoms with van der Waals surface area (Å²) in [6.45, 7) is 15.3. The average molecular weight is 316 g/mol. The number of aliphatic hydroxyl groups excluding tert-OH is 1. The number of amides is 1. The summed E-state index contributed by atoms with van der Waals surface area (Å²) in [5.74, 6) is 0.706. The van der Waals surface area contributed by atoms with Crippen LogP contribution in [0.1, 0.15) is 61.3 Å². The van der Waals surface area contributed by atoms with Crippen LogP contribution in [0.5, 0.6) is 0 Å². The van der Waals surface area contributed by atoms with E-state index in [2.05, 4.69) is 26.1 Å². The highest BCUT2D eigenvalue weighted by molar-refractivity contribution is 5.68. The second-order valence-electron chi connectivity index (χ2n) is 7.60. The van der Waals surface area contributed by atoms with Crippen LogP contribution in [-0.2, 0) is 4.74 Å². The molecule has 0 saturated carbocycles. The number of ether oxygens (including phenoxy) is 1. The highest BCUT2D eigenvalue weighted by Gasteiger charge is 2.22. The highest BCUT2D eigenvalue weighted by atomic mass is 16.6. The molecule has 22 heavy (non-hydrogen) atoms. The Balaban J connectivity index is 4.28. The van der Waals surface area contributed by atoms with Gasteiger partial charge < -0.3 is 20.1 Å². The Labute approximate surface area is 136 Å². The summed E-state index contributed by atoms with van der Waals surface area (Å²) in [5.41, 5.74) is -0.522. The van der Waals surface area contributed by atoms with E-state index in [4.69, 9.17) is 4.74 Å². The first-order valence-corrected chi connectivity index (χ1v) is 8.40. The van der Waals surface area contributed by atoms with E-state index in [0.29, 0.717) is 25.0 Å². The Morgan fingerprint density at radius 3 is 2.23 bits per heavy atom. The molecular weight excluding hydrogens is 280 g/mol. The van der Waals surface area contributed by atoms with Crippen molar-refractivity contribution in [3.05, 3.63) is 0 Å². The van der Waals surface area contributed by atoms with Gasteiger partial charge in [0.25, 0.3) is 0 Å². The fourth-order valence-electron chi connectivity index (χ4n) is 2.03. The summed E-state index contributed by atoms with van der Waals surface area (Å²) in [7, 11) is 0. The summed E-state index contributed by atoms with van der Waals surface area (Å²) in [6, 6.07) is 0.425. The van der Waals surface area contributed by atoms with Crippen molar-refractivity contribution in [3.63, 3.8) is 0 Å². The van der Waals surface area contributed by atoms with Crippen LogP contribution in [0.3, 0.4) is 0 Å². The second kappa shape index (κ2) is 10.1. The third kappa shape index (κ3) is 11.8. The number of rotatable bonds is 9. The zero-order chi connectivity index (χ0) is 17.3. The number of carbonyl (C=O) groups is 1. The molecule has 0 aromatic heterocycles. The van der Waals surface area contributed by atoms with Gasteiger partial charge in [0.1, 0.15) is 5.60 Å². The molecule has 0 aromatic rings. The van der Waals surface area contributed by atoms with Crippen molar-refractivity contribution < 1.29 is 14.6 Å². The minimum Gasteiger partial charge on any atom is -0.444 e. The minimum atomic E-state index is -0.564. The van der Waals surface area contributed by atoms with Crippen molar-refractivity contribution in [1.29, 1.82) is 0 Å². The normalized spacial score (nSPS) is 14.8. The van der Waals surface area contributed by atoms with E-state index in [1.807, 2.05) is 20.8 Å². The molecule has 0 saturated heterocycles. The number of aliphatic hydroxyl groups is 1. The SMILES string of the molecule is CC(C)CCC(C)NCCN(CC(C)O)C(=O)OC(C)(C)C. The van der Waals surface area contributed by atoms with Crippen LogP contribution >= 0.6 is 0 Å². The smallest absolute Gasteiger partial charge is 0.410 e. The minimum absolute atomic E-state index is 0.289. The molecule has 0 aliphatic rings. The Kier molecular flexibility index (Phi) is 9.69. The van der Waals surface area contributed by atoms with E-state index in [9.17, 15) is 9.90 Å². The number of carbonyl (C=O) groups excluding carboxylic acids is 1. The van der Waals surface area contributed by atoms with Crippen molar-refractivity contribution in [3.8, 4) is 0 Å². The monoisotopic (exact) mass is 316 g/mol. The van der Waals surface area contributed by atoms with Gasteiger partial charge in [0.15, 0.2) is 0 Å². The van der Waals surface area contributed by atoms with E-state index < -0.39 is 11.7 Å². The highest BCUT2D eigenvalue weighted by Crippen LogP contribution is 2.10. The van der Waals surface area contributed by atoms with Gasteiger partial charge in [0.05, 0.1) is 6.10 Å². The molecule has 2 atom stereocenters. The molecule has 0 heterocycles. The van der Waals surface area contributed by atoms with Gasteiger partial charge in [-0.3, -0.25) is 0 Å². The van der Waals surface area contributed by atoms with Crippen molar-refractivity contribution in [1.82, 2.24) is 10.2 Å². The third-order valence-corrected chi connectivity index (χ3v) is 3.19. The summed E-state index contributed by atoms with van der Waals surface area (Å²) in [5, 5.41) is 13.0. The Morgan fingerprint density at radius 1 is 1.18 bits per heavy atom. The van der Waals surface area contributed by atoms with Crippen LogP contribution in [0.4, 0.5) is 4.79 Å². The largest absolute Gasteiger partial charge is 0.444 e. The standard InChI is InChI=1S/C17H36N2O3/c1-13(2)8-9-14(3)18-10-11-19(12-15(4)20)16(21)22-17(5,6)7/h13-15,18,20H,8-12H2,1-7H3. The molecule has 0 bridgehead atoms. The van der Waals surface area contributed by atoms with Gasteiger partial charge >= 0.3 is 6.09 Å². The van der Waals surface area contributed by atoms with Crippen molar-refractivity contribution in [2.45, 2.75) is 79.1 Å². The van der Waals surface area contributed by atoms with Crippen LogP contribution in [-0.4, -0.2) is 53.5 Å². The topological polar surface area (TPSA) is 61.8 Å². The molecule has 0 rings (SSSR count). The number of hydrogen-bond donors (Lipinski definition) is 2. The molecule has 5 heteroatoms. The first-order chi connectivity index (χ1) is 10.0. The number of hydrogen-bond acceptors (Lipinski definition) is 4. The van der Waals surface area contributed by atoms with E-state index >= 15 is 0 Å². The maximum absolute atomic E-state index is 12.1. The fourth-order valence-corrected chi connectivity index (χ4v) is 2.03. The van der Waals surface area contributed by atoms with Gasteiger partial charge in [-0.05, 0) is 53.4 Å². The second-order valence-corrected chi connectivity index (χ2v) is 7.60. The molecule has 1 amide bonds. The lowest BCUT2D eigenvalue weighted by atomic mass is 10.0. The van der Waals surface area contributed by atoms with Crippen molar-refractivity contribution in [2.24, 2.45) is 5.92 Å². The van der Waals surface area contributed by atoms with Gasteiger partial charge in [0, 0.05) is 25.7 Å². The quantitative estimate of drug-likeness (QED) is 0.686. The van der Waals surface area contributed by atoms with E-state index in [1.165, 1.54) is 6.42 Å². The lowest BCUT2D eigenvalue weighted by Crippen LogP contribution is -2.44. The summed E-state index contributed by atoms with van der Waals surface area (Å²) < 4.78 is 5.39. The maximum atomic E-state index is 12.1. The van der Waals surface area contributed by atoms with Crippen LogP contribution in [0.25, 0.3) is 0 Å². The maximum Gasteiger partial charge on any atom is 0.410 e. The molecule has 0 aliphatic heterocycles. The summed E-state index contributed by atoms with van der Waals surface area (Å²) in [6.07, 6.45) is 1.38. The number of nitrogens with zero attached hydrogens (tertiary/aromatic N) is 1. The lowest BCUT2D eigenvalue weighted by molar-refractivity contribution is 0.0163. The molecular formula is C17H36N2O3. The average Bonchev–Trinajstić information content (AvgIpc) is 2.32. The van der Waals surface area contributed by atoms with Gasteiger partial charge in [-0.15, -0.1) is 0 Å². The third-order valence-electron chi connectivity index (χ3n) is 3.19. The first-order valence-electron chi connectivity index (χ1n) is 8.40. The summed E-state index contributed by atoms with van der Waals surface area (Å²) >= 11 is 0. The predicted octanol–water partition coefficient (Wildman–Crippen LogP) is 3.02. The summed E-state index contributed by atoms with van der Waals surface area (Å²) in [4.78, 5) is 13.7. The van der Waals surface area contributed by atoms with Crippen LogP contribution < -0.4 is 5.32 Å². The Hall–Kier alpha value is -0.810. The predicted molar refractivity (Wildman–Crippen MR) is 91.0 cm³/mol. The van der Waals surface area contributed by atoms with Crippen LogP contribution in [0.2, 0.25) is 0 Å². The van der Waals surface area contributed by atoms with Crippen molar-refractivity contribution >= 4 is 6.09 Å². The lowest BCUT2D eigenvalue weighted by Gasteiger charge is -2.28. The molecule has 0 aromatic carbocycles. The van der Waals surface area contributed by atoms with Gasteiger partial charge in [-0.1, -0.05) is 13.8 Å². The van der Waals surface area contributed by atoms with Gasteiger partial charge in [-0.2, -0.15) is 0 Å². The first kappa shape index (κ1) is 21.2. The molecule has 132 valence electrons. The zero-order valence-electron chi connectivity index (χ0n) is 15.5. The Bertz CT molecular complexity index is 312. The molecule has 0 radical (unpaired) electrons. The Morgan fingerprint density at radius 2 is 1.77 bits per heavy atom. The molecule has 0 spiro atoms. The van der Waals surface area contributed by atoms with E-state index in [1.54, 1.807) is 11.8 Å². The van der Waals surface area contributed by atoms with E-state index in [0.717, 1.165) is 6.42 Å². The van der Waals surface area contributed by atoms with Gasteiger partial charge in [-0.25, -0.2) is 4.79 Å². The number of nitrogens with one attached hydrogen (secondary N) is 1. The van der Waals surface area contributed by atoms with Gasteiger partial charge in [0.2, 0.25) is 0 Å². The van der Waals surface area contributed by atoms with Crippen LogP contribution in [0.15, 0.2) is 0 Å². The molecule has 0 aliphatic carbocycles. The fraction of sp³-hybridized carbons (Fsp3) is 0.941. The van der Waals surface area contributed by atoms with Crippen molar-refractivity contribution in [2.75, 3.05) is 19.6 Å². The van der Waals surface area contributed by atoms with E-state index in [-0.39, 0.29) is 12.6 Å². The molecule has 0 fully saturated rings. The van der Waals surface area contributed by atoms with Crippen LogP contribution in [0, 0.1) is 5.92 Å².